The van der Waals surface area contributed by atoms with Crippen molar-refractivity contribution in [1.29, 1.82) is 0 Å². The van der Waals surface area contributed by atoms with E-state index in [0.29, 0.717) is 25.9 Å². The van der Waals surface area contributed by atoms with Crippen LogP contribution in [0.1, 0.15) is 25.7 Å². The molecule has 0 spiro atoms. The van der Waals surface area contributed by atoms with Crippen LogP contribution in [0.25, 0.3) is 0 Å². The lowest BCUT2D eigenvalue weighted by molar-refractivity contribution is -0.393. The molecular weight excluding hydrogens is 428 g/mol. The van der Waals surface area contributed by atoms with Crippen LogP contribution < -0.4 is 10.6 Å². The molecule has 0 saturated carbocycles. The zero-order valence-electron chi connectivity index (χ0n) is 16.8. The highest BCUT2D eigenvalue weighted by molar-refractivity contribution is 5.66. The lowest BCUT2D eigenvalue weighted by Crippen LogP contribution is -2.06. The second kappa shape index (κ2) is 11.1. The first-order valence-electron chi connectivity index (χ1n) is 9.54. The zero-order valence-corrected chi connectivity index (χ0v) is 16.8. The third kappa shape index (κ3) is 6.58. The average Bonchev–Trinajstić information content (AvgIpc) is 2.75. The number of benzene rings is 2. The molecule has 0 saturated heterocycles. The molecule has 0 radical (unpaired) electrons. The first kappa shape index (κ1) is 23.9. The van der Waals surface area contributed by atoms with Crippen LogP contribution in [0.3, 0.4) is 0 Å². The van der Waals surface area contributed by atoms with Gasteiger partial charge < -0.3 is 10.6 Å². The van der Waals surface area contributed by atoms with Crippen LogP contribution in [-0.2, 0) is 0 Å². The Morgan fingerprint density at radius 3 is 1.25 bits per heavy atom. The topological polar surface area (TPSA) is 197 Å². The smallest absolute Gasteiger partial charge is 0.299 e. The molecule has 0 aliphatic heterocycles. The van der Waals surface area contributed by atoms with Gasteiger partial charge in [0.1, 0.15) is 11.4 Å². The molecule has 0 bridgehead atoms. The summed E-state index contributed by atoms with van der Waals surface area (Å²) in [6.45, 7) is 0.861. The minimum absolute atomic E-state index is 0.202. The summed E-state index contributed by atoms with van der Waals surface area (Å²) in [5.41, 5.74) is -1.05. The lowest BCUT2D eigenvalue weighted by atomic mass is 10.1. The maximum Gasteiger partial charge on any atom is 0.299 e. The Hall–Kier alpha value is -4.36. The number of nitrogens with zero attached hydrogens (tertiary/aromatic N) is 4. The van der Waals surface area contributed by atoms with Gasteiger partial charge in [0.25, 0.3) is 22.7 Å². The number of anilines is 2. The van der Waals surface area contributed by atoms with Crippen LogP contribution in [0.5, 0.6) is 0 Å². The van der Waals surface area contributed by atoms with E-state index in [-0.39, 0.29) is 34.1 Å². The Labute approximate surface area is 180 Å². The number of hydrogen-bond donors (Lipinski definition) is 2. The second-order valence-electron chi connectivity index (χ2n) is 6.70. The normalized spacial score (nSPS) is 10.4. The molecule has 0 amide bonds. The molecule has 0 aromatic heterocycles. The standard InChI is InChI=1S/C18H20N6O8/c25-21(26)13-5-7-15(17(11-13)23(29)30)19-9-3-1-2-4-10-20-16-8-6-14(22(27)28)12-18(16)24(31)32/h5-8,11-12,19-20H,1-4,9-10H2. The van der Waals surface area contributed by atoms with Crippen LogP contribution in [-0.4, -0.2) is 32.8 Å². The van der Waals surface area contributed by atoms with Crippen LogP contribution in [0, 0.1) is 40.5 Å². The third-order valence-electron chi connectivity index (χ3n) is 4.51. The van der Waals surface area contributed by atoms with Gasteiger partial charge in [-0.3, -0.25) is 40.5 Å². The SMILES string of the molecule is O=[N+]([O-])c1ccc(NCCCCCCNc2ccc([N+](=O)[O-])cc2[N+](=O)[O-])c([N+](=O)[O-])c1. The number of hydrogen-bond acceptors (Lipinski definition) is 10. The van der Waals surface area contributed by atoms with Gasteiger partial charge in [-0.25, -0.2) is 0 Å². The first-order chi connectivity index (χ1) is 15.2. The zero-order chi connectivity index (χ0) is 23.7. The molecule has 170 valence electrons. The van der Waals surface area contributed by atoms with E-state index < -0.39 is 19.7 Å². The number of non-ortho nitro benzene ring substituents is 2. The van der Waals surface area contributed by atoms with Gasteiger partial charge in [0.2, 0.25) is 0 Å². The first-order valence-corrected chi connectivity index (χ1v) is 9.54. The van der Waals surface area contributed by atoms with Gasteiger partial charge >= 0.3 is 0 Å². The molecule has 0 fully saturated rings. The van der Waals surface area contributed by atoms with Crippen LogP contribution in [0.4, 0.5) is 34.1 Å². The molecule has 14 heteroatoms. The van der Waals surface area contributed by atoms with Gasteiger partial charge in [-0.15, -0.1) is 0 Å². The van der Waals surface area contributed by atoms with Crippen molar-refractivity contribution in [3.8, 4) is 0 Å². The molecule has 0 atom stereocenters. The number of rotatable bonds is 13. The number of nitrogens with one attached hydrogen (secondary N) is 2. The summed E-state index contributed by atoms with van der Waals surface area (Å²) < 4.78 is 0. The Bertz CT molecular complexity index is 947. The molecule has 14 nitrogen and oxygen atoms in total. The molecule has 2 aromatic rings. The highest BCUT2D eigenvalue weighted by Crippen LogP contribution is 2.30. The van der Waals surface area contributed by atoms with Crippen molar-refractivity contribution >= 4 is 34.1 Å². The van der Waals surface area contributed by atoms with Crippen molar-refractivity contribution in [2.75, 3.05) is 23.7 Å². The van der Waals surface area contributed by atoms with Crippen LogP contribution in [0.2, 0.25) is 0 Å². The summed E-state index contributed by atoms with van der Waals surface area (Å²) in [7, 11) is 0. The summed E-state index contributed by atoms with van der Waals surface area (Å²) in [5.74, 6) is 0. The molecular formula is C18H20N6O8. The minimum Gasteiger partial charge on any atom is -0.379 e. The molecule has 0 aliphatic carbocycles. The molecule has 0 aliphatic rings. The van der Waals surface area contributed by atoms with Gasteiger partial charge in [-0.2, -0.15) is 0 Å². The summed E-state index contributed by atoms with van der Waals surface area (Å²) in [4.78, 5) is 40.9. The van der Waals surface area contributed by atoms with Gasteiger partial charge in [0, 0.05) is 25.2 Å². The second-order valence-corrected chi connectivity index (χ2v) is 6.70. The Balaban J connectivity index is 1.75. The van der Waals surface area contributed by atoms with Crippen molar-refractivity contribution in [1.82, 2.24) is 0 Å². The molecule has 32 heavy (non-hydrogen) atoms. The molecule has 0 heterocycles. The summed E-state index contributed by atoms with van der Waals surface area (Å²) in [5, 5.41) is 49.5. The highest BCUT2D eigenvalue weighted by atomic mass is 16.6. The fourth-order valence-electron chi connectivity index (χ4n) is 2.92. The minimum atomic E-state index is -0.698. The van der Waals surface area contributed by atoms with E-state index in [1.54, 1.807) is 0 Å². The predicted octanol–water partition coefficient (Wildman–Crippen LogP) is 4.40. The Morgan fingerprint density at radius 2 is 0.938 bits per heavy atom. The third-order valence-corrected chi connectivity index (χ3v) is 4.51. The van der Waals surface area contributed by atoms with E-state index >= 15 is 0 Å². The fourth-order valence-corrected chi connectivity index (χ4v) is 2.92. The van der Waals surface area contributed by atoms with Gasteiger partial charge in [0.05, 0.1) is 31.8 Å². The number of unbranched alkanes of at least 4 members (excludes halogenated alkanes) is 3. The van der Waals surface area contributed by atoms with E-state index in [1.165, 1.54) is 24.3 Å². The van der Waals surface area contributed by atoms with Gasteiger partial charge in [-0.05, 0) is 25.0 Å². The fraction of sp³-hybridized carbons (Fsp3) is 0.333. The van der Waals surface area contributed by atoms with Crippen molar-refractivity contribution in [2.24, 2.45) is 0 Å². The monoisotopic (exact) mass is 448 g/mol. The van der Waals surface area contributed by atoms with Gasteiger partial charge in [-0.1, -0.05) is 12.8 Å². The average molecular weight is 448 g/mol. The van der Waals surface area contributed by atoms with Crippen molar-refractivity contribution in [3.63, 3.8) is 0 Å². The van der Waals surface area contributed by atoms with Crippen molar-refractivity contribution in [3.05, 3.63) is 76.9 Å². The Kier molecular flexibility index (Phi) is 8.33. The van der Waals surface area contributed by atoms with E-state index in [0.717, 1.165) is 25.0 Å². The van der Waals surface area contributed by atoms with Crippen molar-refractivity contribution < 1.29 is 19.7 Å². The quantitative estimate of drug-likeness (QED) is 0.251. The summed E-state index contributed by atoms with van der Waals surface area (Å²) in [6.07, 6.45) is 2.92. The predicted molar refractivity (Wildman–Crippen MR) is 115 cm³/mol. The molecule has 2 aromatic carbocycles. The highest BCUT2D eigenvalue weighted by Gasteiger charge is 2.20. The van der Waals surface area contributed by atoms with Crippen molar-refractivity contribution in [2.45, 2.75) is 25.7 Å². The van der Waals surface area contributed by atoms with E-state index in [9.17, 15) is 40.5 Å². The van der Waals surface area contributed by atoms with Crippen LogP contribution in [0.15, 0.2) is 36.4 Å². The van der Waals surface area contributed by atoms with E-state index in [1.807, 2.05) is 0 Å². The maximum atomic E-state index is 11.1. The number of nitro groups is 4. The molecule has 0 unspecified atom stereocenters. The van der Waals surface area contributed by atoms with Crippen LogP contribution >= 0.6 is 0 Å². The number of nitro benzene ring substituents is 4. The Morgan fingerprint density at radius 1 is 0.562 bits per heavy atom. The van der Waals surface area contributed by atoms with E-state index in [2.05, 4.69) is 10.6 Å². The van der Waals surface area contributed by atoms with E-state index in [4.69, 9.17) is 0 Å². The summed E-state index contributed by atoms with van der Waals surface area (Å²) in [6, 6.07) is 6.81. The van der Waals surface area contributed by atoms with Gasteiger partial charge in [0.15, 0.2) is 0 Å². The molecule has 2 N–H and O–H groups in total. The molecule has 2 rings (SSSR count). The lowest BCUT2D eigenvalue weighted by Gasteiger charge is -2.08. The maximum absolute atomic E-state index is 11.1. The largest absolute Gasteiger partial charge is 0.379 e. The summed E-state index contributed by atoms with van der Waals surface area (Å²) >= 11 is 0.